The SMILES string of the molecule is CCN(CC)C(=O)c1c(Cl)nc(C)c(Cl)c1C. The lowest BCUT2D eigenvalue weighted by molar-refractivity contribution is 0.0772. The normalized spacial score (nSPS) is 10.5. The summed E-state index contributed by atoms with van der Waals surface area (Å²) in [5, 5.41) is 0.728. The highest BCUT2D eigenvalue weighted by Crippen LogP contribution is 2.28. The Morgan fingerprint density at radius 2 is 1.76 bits per heavy atom. The minimum atomic E-state index is -0.119. The number of pyridine rings is 1. The quantitative estimate of drug-likeness (QED) is 0.791. The van der Waals surface area contributed by atoms with Gasteiger partial charge in [-0.3, -0.25) is 4.79 Å². The van der Waals surface area contributed by atoms with Crippen molar-refractivity contribution in [3.63, 3.8) is 0 Å². The number of nitrogens with zero attached hydrogens (tertiary/aromatic N) is 2. The molecule has 0 aliphatic carbocycles. The Hall–Kier alpha value is -0.800. The number of aromatic nitrogens is 1. The van der Waals surface area contributed by atoms with Crippen molar-refractivity contribution in [3.8, 4) is 0 Å². The third-order valence-corrected chi connectivity index (χ3v) is 3.59. The van der Waals surface area contributed by atoms with Crippen molar-refractivity contribution < 1.29 is 4.79 Å². The topological polar surface area (TPSA) is 33.2 Å². The van der Waals surface area contributed by atoms with Crippen molar-refractivity contribution in [1.29, 1.82) is 0 Å². The predicted octanol–water partition coefficient (Wildman–Crippen LogP) is 3.49. The van der Waals surface area contributed by atoms with Crippen LogP contribution in [0.1, 0.15) is 35.5 Å². The summed E-state index contributed by atoms with van der Waals surface area (Å²) in [6, 6.07) is 0. The average Bonchev–Trinajstić information content (AvgIpc) is 2.28. The van der Waals surface area contributed by atoms with Crippen LogP contribution in [0.25, 0.3) is 0 Å². The maximum absolute atomic E-state index is 12.3. The summed E-state index contributed by atoms with van der Waals surface area (Å²) in [5.41, 5.74) is 1.75. The highest BCUT2D eigenvalue weighted by molar-refractivity contribution is 6.35. The fourth-order valence-corrected chi connectivity index (χ4v) is 2.19. The van der Waals surface area contributed by atoms with E-state index in [9.17, 15) is 4.79 Å². The molecule has 0 spiro atoms. The van der Waals surface area contributed by atoms with Crippen molar-refractivity contribution in [2.45, 2.75) is 27.7 Å². The highest BCUT2D eigenvalue weighted by Gasteiger charge is 2.22. The van der Waals surface area contributed by atoms with Gasteiger partial charge in [0, 0.05) is 13.1 Å². The van der Waals surface area contributed by atoms with E-state index in [-0.39, 0.29) is 11.1 Å². The molecule has 0 fully saturated rings. The second-order valence-electron chi connectivity index (χ2n) is 3.78. The van der Waals surface area contributed by atoms with Gasteiger partial charge < -0.3 is 4.90 Å². The zero-order chi connectivity index (χ0) is 13.2. The molecule has 0 aliphatic rings. The van der Waals surface area contributed by atoms with Gasteiger partial charge in [0.15, 0.2) is 0 Å². The number of amides is 1. The molecule has 0 saturated carbocycles. The summed E-state index contributed by atoms with van der Waals surface area (Å²) in [6.45, 7) is 8.68. The smallest absolute Gasteiger partial charge is 0.257 e. The van der Waals surface area contributed by atoms with Crippen molar-refractivity contribution in [3.05, 3.63) is 27.0 Å². The second kappa shape index (κ2) is 5.69. The van der Waals surface area contributed by atoms with E-state index in [1.54, 1.807) is 18.7 Å². The molecular formula is C12H16Cl2N2O. The predicted molar refractivity (Wildman–Crippen MR) is 71.0 cm³/mol. The van der Waals surface area contributed by atoms with Crippen LogP contribution in [-0.2, 0) is 0 Å². The highest BCUT2D eigenvalue weighted by atomic mass is 35.5. The number of carbonyl (C=O) groups excluding carboxylic acids is 1. The van der Waals surface area contributed by atoms with E-state index < -0.39 is 0 Å². The van der Waals surface area contributed by atoms with Crippen molar-refractivity contribution >= 4 is 29.1 Å². The Bertz CT molecular complexity index is 443. The number of hydrogen-bond donors (Lipinski definition) is 0. The van der Waals surface area contributed by atoms with Crippen molar-refractivity contribution in [2.75, 3.05) is 13.1 Å². The average molecular weight is 275 g/mol. The molecule has 1 heterocycles. The Morgan fingerprint density at radius 1 is 1.24 bits per heavy atom. The summed E-state index contributed by atoms with van der Waals surface area (Å²) in [5.74, 6) is -0.119. The Morgan fingerprint density at radius 3 is 2.24 bits per heavy atom. The van der Waals surface area contributed by atoms with Gasteiger partial charge in [-0.25, -0.2) is 4.98 Å². The molecule has 1 aromatic heterocycles. The van der Waals surface area contributed by atoms with Crippen LogP contribution in [0.15, 0.2) is 0 Å². The molecule has 3 nitrogen and oxygen atoms in total. The van der Waals surface area contributed by atoms with Crippen LogP contribution in [0.3, 0.4) is 0 Å². The second-order valence-corrected chi connectivity index (χ2v) is 4.52. The van der Waals surface area contributed by atoms with Crippen LogP contribution < -0.4 is 0 Å². The van der Waals surface area contributed by atoms with Crippen LogP contribution in [-0.4, -0.2) is 28.9 Å². The maximum Gasteiger partial charge on any atom is 0.257 e. The zero-order valence-electron chi connectivity index (χ0n) is 10.5. The standard InChI is InChI=1S/C12H16Cl2N2O/c1-5-16(6-2)12(17)9-7(3)10(13)8(4)15-11(9)14/h5-6H2,1-4H3. The van der Waals surface area contributed by atoms with Crippen LogP contribution in [0.5, 0.6) is 0 Å². The van der Waals surface area contributed by atoms with E-state index in [0.29, 0.717) is 34.9 Å². The summed E-state index contributed by atoms with van der Waals surface area (Å²) in [4.78, 5) is 18.0. The maximum atomic E-state index is 12.3. The zero-order valence-corrected chi connectivity index (χ0v) is 12.0. The Labute approximate surface area is 112 Å². The molecule has 5 heteroatoms. The molecule has 0 unspecified atom stereocenters. The fourth-order valence-electron chi connectivity index (χ4n) is 1.71. The van der Waals surface area contributed by atoms with Gasteiger partial charge in [-0.1, -0.05) is 23.2 Å². The summed E-state index contributed by atoms with van der Waals surface area (Å²) in [7, 11) is 0. The number of aryl methyl sites for hydroxylation is 1. The number of carbonyl (C=O) groups is 1. The van der Waals surface area contributed by atoms with Gasteiger partial charge in [0.25, 0.3) is 5.91 Å². The minimum absolute atomic E-state index is 0.119. The summed E-state index contributed by atoms with van der Waals surface area (Å²) in [6.07, 6.45) is 0. The van der Waals surface area contributed by atoms with Gasteiger partial charge in [0.05, 0.1) is 16.3 Å². The van der Waals surface area contributed by atoms with E-state index in [1.807, 2.05) is 13.8 Å². The van der Waals surface area contributed by atoms with Crippen LogP contribution >= 0.6 is 23.2 Å². The largest absolute Gasteiger partial charge is 0.339 e. The first kappa shape index (κ1) is 14.3. The molecule has 1 rings (SSSR count). The Kier molecular flexibility index (Phi) is 4.78. The minimum Gasteiger partial charge on any atom is -0.339 e. The molecule has 94 valence electrons. The van der Waals surface area contributed by atoms with Gasteiger partial charge in [-0.15, -0.1) is 0 Å². The lowest BCUT2D eigenvalue weighted by atomic mass is 10.1. The third-order valence-electron chi connectivity index (χ3n) is 2.76. The van der Waals surface area contributed by atoms with Crippen molar-refractivity contribution in [1.82, 2.24) is 9.88 Å². The molecule has 0 aliphatic heterocycles. The van der Waals surface area contributed by atoms with E-state index in [4.69, 9.17) is 23.2 Å². The van der Waals surface area contributed by atoms with Crippen molar-refractivity contribution in [2.24, 2.45) is 0 Å². The molecule has 0 aromatic carbocycles. The van der Waals surface area contributed by atoms with Gasteiger partial charge in [0.1, 0.15) is 5.15 Å². The van der Waals surface area contributed by atoms with E-state index in [2.05, 4.69) is 4.98 Å². The third kappa shape index (κ3) is 2.72. The summed E-state index contributed by atoms with van der Waals surface area (Å²) >= 11 is 12.1. The molecular weight excluding hydrogens is 259 g/mol. The van der Waals surface area contributed by atoms with Crippen LogP contribution in [0, 0.1) is 13.8 Å². The number of rotatable bonds is 3. The molecule has 1 amide bonds. The molecule has 0 bridgehead atoms. The number of halogens is 2. The lowest BCUT2D eigenvalue weighted by Gasteiger charge is -2.21. The number of hydrogen-bond acceptors (Lipinski definition) is 2. The molecule has 1 aromatic rings. The van der Waals surface area contributed by atoms with E-state index in [0.717, 1.165) is 0 Å². The Balaban J connectivity index is 3.32. The molecule has 0 saturated heterocycles. The fraction of sp³-hybridized carbons (Fsp3) is 0.500. The lowest BCUT2D eigenvalue weighted by Crippen LogP contribution is -2.31. The monoisotopic (exact) mass is 274 g/mol. The first-order valence-electron chi connectivity index (χ1n) is 5.55. The first-order chi connectivity index (χ1) is 7.93. The molecule has 0 N–H and O–H groups in total. The van der Waals surface area contributed by atoms with E-state index in [1.165, 1.54) is 0 Å². The van der Waals surface area contributed by atoms with Gasteiger partial charge >= 0.3 is 0 Å². The molecule has 17 heavy (non-hydrogen) atoms. The van der Waals surface area contributed by atoms with Gasteiger partial charge in [-0.2, -0.15) is 0 Å². The molecule has 0 radical (unpaired) electrons. The summed E-state index contributed by atoms with van der Waals surface area (Å²) < 4.78 is 0. The van der Waals surface area contributed by atoms with Crippen LogP contribution in [0.4, 0.5) is 0 Å². The van der Waals surface area contributed by atoms with Gasteiger partial charge in [-0.05, 0) is 33.3 Å². The van der Waals surface area contributed by atoms with Crippen LogP contribution in [0.2, 0.25) is 10.2 Å². The first-order valence-corrected chi connectivity index (χ1v) is 6.31. The van der Waals surface area contributed by atoms with E-state index >= 15 is 0 Å². The van der Waals surface area contributed by atoms with Gasteiger partial charge in [0.2, 0.25) is 0 Å². The molecule has 0 atom stereocenters.